The molecule has 0 atom stereocenters. The van der Waals surface area contributed by atoms with Crippen LogP contribution in [0.2, 0.25) is 5.02 Å². The van der Waals surface area contributed by atoms with Crippen LogP contribution in [0.15, 0.2) is 22.7 Å². The highest BCUT2D eigenvalue weighted by molar-refractivity contribution is 9.10. The quantitative estimate of drug-likeness (QED) is 0.899. The number of hydrogen-bond donors (Lipinski definition) is 1. The van der Waals surface area contributed by atoms with Gasteiger partial charge in [0.25, 0.3) is 0 Å². The van der Waals surface area contributed by atoms with Gasteiger partial charge in [-0.1, -0.05) is 11.6 Å². The Bertz CT molecular complexity index is 390. The van der Waals surface area contributed by atoms with Gasteiger partial charge in [-0.3, -0.25) is 4.79 Å². The molecule has 1 aromatic carbocycles. The number of amides is 1. The topological polar surface area (TPSA) is 29.1 Å². The van der Waals surface area contributed by atoms with Crippen LogP contribution in [0.5, 0.6) is 0 Å². The molecule has 2 nitrogen and oxygen atoms in total. The molecule has 0 bridgehead atoms. The van der Waals surface area contributed by atoms with Crippen molar-refractivity contribution in [3.8, 4) is 0 Å². The van der Waals surface area contributed by atoms with E-state index >= 15 is 0 Å². The smallest absolute Gasteiger partial charge is 0.224 e. The molecule has 0 heterocycles. The predicted octanol–water partition coefficient (Wildman–Crippen LogP) is 3.84. The third-order valence-electron chi connectivity index (χ3n) is 2.37. The molecule has 1 N–H and O–H groups in total. The van der Waals surface area contributed by atoms with Crippen LogP contribution in [0, 0.1) is 5.92 Å². The lowest BCUT2D eigenvalue weighted by atomic mass is 10.2. The normalized spacial score (nSPS) is 15.1. The van der Waals surface area contributed by atoms with E-state index in [-0.39, 0.29) is 5.91 Å². The minimum absolute atomic E-state index is 0.0699. The first-order chi connectivity index (χ1) is 7.15. The molecule has 1 fully saturated rings. The number of anilines is 1. The Kier molecular flexibility index (Phi) is 3.32. The van der Waals surface area contributed by atoms with Gasteiger partial charge >= 0.3 is 0 Å². The van der Waals surface area contributed by atoms with Crippen molar-refractivity contribution < 1.29 is 4.79 Å². The molecule has 1 saturated carbocycles. The van der Waals surface area contributed by atoms with Gasteiger partial charge in [0.1, 0.15) is 0 Å². The molecule has 4 heteroatoms. The van der Waals surface area contributed by atoms with Gasteiger partial charge in [-0.15, -0.1) is 0 Å². The van der Waals surface area contributed by atoms with Crippen molar-refractivity contribution in [2.45, 2.75) is 19.3 Å². The first-order valence-electron chi connectivity index (χ1n) is 4.90. The summed E-state index contributed by atoms with van der Waals surface area (Å²) < 4.78 is 0.857. The summed E-state index contributed by atoms with van der Waals surface area (Å²) >= 11 is 9.21. The van der Waals surface area contributed by atoms with Gasteiger partial charge in [0, 0.05) is 15.9 Å². The number of nitrogens with one attached hydrogen (secondary N) is 1. The standard InChI is InChI=1S/C11H11BrClNO/c12-9-4-3-8(13)6-10(9)14-11(15)5-7-1-2-7/h3-4,6-7H,1-2,5H2,(H,14,15). The zero-order valence-electron chi connectivity index (χ0n) is 8.09. The van der Waals surface area contributed by atoms with Crippen LogP contribution in [0.4, 0.5) is 5.69 Å². The third-order valence-corrected chi connectivity index (χ3v) is 3.30. The molecule has 1 aliphatic rings. The highest BCUT2D eigenvalue weighted by Crippen LogP contribution is 2.33. The van der Waals surface area contributed by atoms with E-state index in [0.717, 1.165) is 10.2 Å². The Morgan fingerprint density at radius 1 is 1.53 bits per heavy atom. The second-order valence-electron chi connectivity index (χ2n) is 3.82. The summed E-state index contributed by atoms with van der Waals surface area (Å²) in [6.07, 6.45) is 2.99. The average Bonchev–Trinajstić information content (AvgIpc) is 2.95. The van der Waals surface area contributed by atoms with Gasteiger partial charge in [0.15, 0.2) is 0 Å². The monoisotopic (exact) mass is 287 g/mol. The Balaban J connectivity index is 2.01. The second-order valence-corrected chi connectivity index (χ2v) is 5.11. The first kappa shape index (κ1) is 11.0. The molecule has 15 heavy (non-hydrogen) atoms. The Morgan fingerprint density at radius 3 is 2.93 bits per heavy atom. The number of benzene rings is 1. The van der Waals surface area contributed by atoms with Crippen molar-refractivity contribution in [1.82, 2.24) is 0 Å². The summed E-state index contributed by atoms with van der Waals surface area (Å²) in [4.78, 5) is 11.6. The van der Waals surface area contributed by atoms with Crippen molar-refractivity contribution in [3.63, 3.8) is 0 Å². The van der Waals surface area contributed by atoms with Crippen LogP contribution in [-0.4, -0.2) is 5.91 Å². The van der Waals surface area contributed by atoms with Crippen LogP contribution in [-0.2, 0) is 4.79 Å². The van der Waals surface area contributed by atoms with E-state index in [4.69, 9.17) is 11.6 Å². The van der Waals surface area contributed by atoms with E-state index in [1.54, 1.807) is 12.1 Å². The summed E-state index contributed by atoms with van der Waals surface area (Å²) in [6.45, 7) is 0. The van der Waals surface area contributed by atoms with E-state index in [0.29, 0.717) is 17.4 Å². The van der Waals surface area contributed by atoms with Gasteiger partial charge in [-0.2, -0.15) is 0 Å². The van der Waals surface area contributed by atoms with Gasteiger partial charge in [-0.25, -0.2) is 0 Å². The molecule has 0 saturated heterocycles. The van der Waals surface area contributed by atoms with E-state index in [1.807, 2.05) is 6.07 Å². The number of carbonyl (C=O) groups is 1. The molecule has 80 valence electrons. The fourth-order valence-corrected chi connectivity index (χ4v) is 1.90. The van der Waals surface area contributed by atoms with Crippen molar-refractivity contribution in [2.24, 2.45) is 5.92 Å². The van der Waals surface area contributed by atoms with Crippen LogP contribution in [0.25, 0.3) is 0 Å². The fraction of sp³-hybridized carbons (Fsp3) is 0.364. The fourth-order valence-electron chi connectivity index (χ4n) is 1.38. The van der Waals surface area contributed by atoms with Gasteiger partial charge in [0.05, 0.1) is 5.69 Å². The maximum Gasteiger partial charge on any atom is 0.224 e. The molecule has 0 spiro atoms. The Labute approximate surface area is 102 Å². The molecular weight excluding hydrogens is 277 g/mol. The molecule has 0 unspecified atom stereocenters. The Hall–Kier alpha value is -0.540. The van der Waals surface area contributed by atoms with Crippen molar-refractivity contribution in [1.29, 1.82) is 0 Å². The molecule has 2 rings (SSSR count). The average molecular weight is 289 g/mol. The number of rotatable bonds is 3. The second kappa shape index (κ2) is 4.54. The maximum absolute atomic E-state index is 11.6. The zero-order valence-corrected chi connectivity index (χ0v) is 10.4. The minimum Gasteiger partial charge on any atom is -0.325 e. The summed E-state index contributed by atoms with van der Waals surface area (Å²) in [6, 6.07) is 5.35. The van der Waals surface area contributed by atoms with Crippen molar-refractivity contribution >= 4 is 39.1 Å². The SMILES string of the molecule is O=C(CC1CC1)Nc1cc(Cl)ccc1Br. The highest BCUT2D eigenvalue weighted by atomic mass is 79.9. The lowest BCUT2D eigenvalue weighted by molar-refractivity contribution is -0.116. The summed E-state index contributed by atoms with van der Waals surface area (Å²) in [7, 11) is 0. The number of carbonyl (C=O) groups excluding carboxylic acids is 1. The van der Waals surface area contributed by atoms with Crippen LogP contribution in [0.1, 0.15) is 19.3 Å². The van der Waals surface area contributed by atoms with E-state index < -0.39 is 0 Å². The van der Waals surface area contributed by atoms with E-state index in [1.165, 1.54) is 12.8 Å². The number of hydrogen-bond acceptors (Lipinski definition) is 1. The highest BCUT2D eigenvalue weighted by Gasteiger charge is 2.24. The lowest BCUT2D eigenvalue weighted by Gasteiger charge is -2.07. The number of halogens is 2. The predicted molar refractivity (Wildman–Crippen MR) is 65.1 cm³/mol. The van der Waals surface area contributed by atoms with Crippen LogP contribution in [0.3, 0.4) is 0 Å². The molecule has 1 aromatic rings. The largest absolute Gasteiger partial charge is 0.325 e. The van der Waals surface area contributed by atoms with Gasteiger partial charge in [0.2, 0.25) is 5.91 Å². The van der Waals surface area contributed by atoms with E-state index in [9.17, 15) is 4.79 Å². The molecule has 0 radical (unpaired) electrons. The first-order valence-corrected chi connectivity index (χ1v) is 6.07. The van der Waals surface area contributed by atoms with Gasteiger partial charge in [-0.05, 0) is 52.9 Å². The molecular formula is C11H11BrClNO. The molecule has 0 aromatic heterocycles. The van der Waals surface area contributed by atoms with Crippen molar-refractivity contribution in [2.75, 3.05) is 5.32 Å². The lowest BCUT2D eigenvalue weighted by Crippen LogP contribution is -2.12. The Morgan fingerprint density at radius 2 is 2.27 bits per heavy atom. The van der Waals surface area contributed by atoms with E-state index in [2.05, 4.69) is 21.2 Å². The third kappa shape index (κ3) is 3.21. The van der Waals surface area contributed by atoms with Crippen molar-refractivity contribution in [3.05, 3.63) is 27.7 Å². The van der Waals surface area contributed by atoms with Crippen LogP contribution < -0.4 is 5.32 Å². The minimum atomic E-state index is 0.0699. The van der Waals surface area contributed by atoms with Crippen LogP contribution >= 0.6 is 27.5 Å². The molecule has 1 aliphatic carbocycles. The summed E-state index contributed by atoms with van der Waals surface area (Å²) in [5.41, 5.74) is 0.744. The zero-order chi connectivity index (χ0) is 10.8. The molecule has 1 amide bonds. The summed E-state index contributed by atoms with van der Waals surface area (Å²) in [5.74, 6) is 0.670. The molecule has 0 aliphatic heterocycles. The maximum atomic E-state index is 11.6. The van der Waals surface area contributed by atoms with Gasteiger partial charge < -0.3 is 5.32 Å². The summed E-state index contributed by atoms with van der Waals surface area (Å²) in [5, 5.41) is 3.48.